The molecule has 0 aromatic rings. The van der Waals surface area contributed by atoms with Crippen LogP contribution in [0, 0.1) is 5.92 Å². The molecule has 2 nitrogen and oxygen atoms in total. The maximum absolute atomic E-state index is 5.98. The van der Waals surface area contributed by atoms with Gasteiger partial charge in [-0.05, 0) is 57.4 Å². The fraction of sp³-hybridized carbons (Fsp3) is 1.00. The molecule has 0 bridgehead atoms. The van der Waals surface area contributed by atoms with E-state index >= 15 is 0 Å². The first-order chi connectivity index (χ1) is 8.36. The van der Waals surface area contributed by atoms with E-state index in [1.165, 1.54) is 70.8 Å². The quantitative estimate of drug-likeness (QED) is 0.813. The topological polar surface area (TPSA) is 21.3 Å². The van der Waals surface area contributed by atoms with Gasteiger partial charge >= 0.3 is 0 Å². The van der Waals surface area contributed by atoms with Crippen molar-refractivity contribution in [3.8, 4) is 0 Å². The smallest absolute Gasteiger partial charge is 0.0697 e. The summed E-state index contributed by atoms with van der Waals surface area (Å²) >= 11 is 0. The predicted octanol–water partition coefficient (Wildman–Crippen LogP) is 3.26. The molecule has 98 valence electrons. The molecule has 3 rings (SSSR count). The molecule has 1 spiro atoms. The Hall–Kier alpha value is -0.0800. The lowest BCUT2D eigenvalue weighted by molar-refractivity contribution is -0.135. The van der Waals surface area contributed by atoms with Crippen molar-refractivity contribution < 1.29 is 4.74 Å². The summed E-state index contributed by atoms with van der Waals surface area (Å²) < 4.78 is 5.98. The van der Waals surface area contributed by atoms with Gasteiger partial charge in [0.05, 0.1) is 5.60 Å². The van der Waals surface area contributed by atoms with Crippen LogP contribution in [0.1, 0.15) is 64.2 Å². The molecule has 0 amide bonds. The van der Waals surface area contributed by atoms with Crippen molar-refractivity contribution in [1.82, 2.24) is 5.32 Å². The third kappa shape index (κ3) is 2.85. The van der Waals surface area contributed by atoms with Gasteiger partial charge in [-0.3, -0.25) is 0 Å². The first kappa shape index (κ1) is 12.0. The normalized spacial score (nSPS) is 33.5. The molecule has 1 atom stereocenters. The Morgan fingerprint density at radius 2 is 1.82 bits per heavy atom. The Morgan fingerprint density at radius 1 is 1.00 bits per heavy atom. The zero-order valence-electron chi connectivity index (χ0n) is 11.0. The SMILES string of the molecule is C1CCC(CNC2CCOC3(CCC3)C2)CC1. The van der Waals surface area contributed by atoms with Gasteiger partial charge in [0.25, 0.3) is 0 Å². The van der Waals surface area contributed by atoms with Crippen molar-refractivity contribution >= 4 is 0 Å². The Morgan fingerprint density at radius 3 is 2.53 bits per heavy atom. The first-order valence-corrected chi connectivity index (χ1v) is 7.74. The largest absolute Gasteiger partial charge is 0.375 e. The minimum absolute atomic E-state index is 0.308. The van der Waals surface area contributed by atoms with Gasteiger partial charge in [0, 0.05) is 12.6 Å². The summed E-state index contributed by atoms with van der Waals surface area (Å²) in [4.78, 5) is 0. The Labute approximate surface area is 105 Å². The molecule has 3 fully saturated rings. The number of nitrogens with one attached hydrogen (secondary N) is 1. The fourth-order valence-electron chi connectivity index (χ4n) is 3.85. The van der Waals surface area contributed by atoms with E-state index in [0.29, 0.717) is 5.60 Å². The van der Waals surface area contributed by atoms with Crippen LogP contribution in [0.3, 0.4) is 0 Å². The molecule has 1 N–H and O–H groups in total. The summed E-state index contributed by atoms with van der Waals surface area (Å²) in [7, 11) is 0. The number of rotatable bonds is 3. The van der Waals surface area contributed by atoms with E-state index in [0.717, 1.165) is 18.6 Å². The molecule has 0 radical (unpaired) electrons. The first-order valence-electron chi connectivity index (χ1n) is 7.74. The molecule has 2 aliphatic carbocycles. The van der Waals surface area contributed by atoms with E-state index in [2.05, 4.69) is 5.32 Å². The fourth-order valence-corrected chi connectivity index (χ4v) is 3.85. The molecule has 2 saturated carbocycles. The lowest BCUT2D eigenvalue weighted by Crippen LogP contribution is -2.51. The van der Waals surface area contributed by atoms with E-state index < -0.39 is 0 Å². The second kappa shape index (κ2) is 5.27. The third-order valence-electron chi connectivity index (χ3n) is 5.18. The van der Waals surface area contributed by atoms with Crippen LogP contribution in [-0.4, -0.2) is 24.8 Å². The summed E-state index contributed by atoms with van der Waals surface area (Å²) in [5, 5.41) is 3.83. The van der Waals surface area contributed by atoms with Gasteiger partial charge in [0.1, 0.15) is 0 Å². The van der Waals surface area contributed by atoms with Gasteiger partial charge < -0.3 is 10.1 Å². The highest BCUT2D eigenvalue weighted by molar-refractivity contribution is 4.96. The van der Waals surface area contributed by atoms with Gasteiger partial charge in [-0.2, -0.15) is 0 Å². The predicted molar refractivity (Wildman–Crippen MR) is 70.1 cm³/mol. The van der Waals surface area contributed by atoms with Gasteiger partial charge in [-0.25, -0.2) is 0 Å². The Bertz CT molecular complexity index is 243. The van der Waals surface area contributed by atoms with Gasteiger partial charge in [-0.15, -0.1) is 0 Å². The molecule has 0 aromatic heterocycles. The Kier molecular flexibility index (Phi) is 3.72. The molecule has 1 heterocycles. The van der Waals surface area contributed by atoms with Crippen LogP contribution in [0.4, 0.5) is 0 Å². The van der Waals surface area contributed by atoms with Gasteiger partial charge in [0.15, 0.2) is 0 Å². The van der Waals surface area contributed by atoms with E-state index in [9.17, 15) is 0 Å². The van der Waals surface area contributed by atoms with Crippen LogP contribution in [0.15, 0.2) is 0 Å². The van der Waals surface area contributed by atoms with Crippen LogP contribution < -0.4 is 5.32 Å². The maximum Gasteiger partial charge on any atom is 0.0697 e. The minimum Gasteiger partial charge on any atom is -0.375 e. The maximum atomic E-state index is 5.98. The molecule has 1 aliphatic heterocycles. The van der Waals surface area contributed by atoms with Crippen molar-refractivity contribution in [2.75, 3.05) is 13.2 Å². The number of ether oxygens (including phenoxy) is 1. The summed E-state index contributed by atoms with van der Waals surface area (Å²) in [6.45, 7) is 2.25. The average Bonchev–Trinajstić information content (AvgIpc) is 2.36. The standard InChI is InChI=1S/C15H27NO/c1-2-5-13(6-3-1)12-16-14-7-10-17-15(11-14)8-4-9-15/h13-14,16H,1-12H2. The second-order valence-electron chi connectivity index (χ2n) is 6.49. The molecule has 3 aliphatic rings. The second-order valence-corrected chi connectivity index (χ2v) is 6.49. The summed E-state index contributed by atoms with van der Waals surface area (Å²) in [5.41, 5.74) is 0.308. The van der Waals surface area contributed by atoms with Crippen LogP contribution >= 0.6 is 0 Å². The Balaban J connectivity index is 1.41. The van der Waals surface area contributed by atoms with Crippen LogP contribution in [0.25, 0.3) is 0 Å². The highest BCUT2D eigenvalue weighted by Gasteiger charge is 2.42. The van der Waals surface area contributed by atoms with E-state index in [1.807, 2.05) is 0 Å². The number of hydrogen-bond acceptors (Lipinski definition) is 2. The summed E-state index contributed by atoms with van der Waals surface area (Å²) in [6.07, 6.45) is 13.8. The van der Waals surface area contributed by atoms with E-state index in [1.54, 1.807) is 0 Å². The van der Waals surface area contributed by atoms with Crippen LogP contribution in [0.2, 0.25) is 0 Å². The molecule has 1 unspecified atom stereocenters. The van der Waals surface area contributed by atoms with E-state index in [4.69, 9.17) is 4.74 Å². The summed E-state index contributed by atoms with van der Waals surface area (Å²) in [5.74, 6) is 0.962. The average molecular weight is 237 g/mol. The third-order valence-corrected chi connectivity index (χ3v) is 5.18. The van der Waals surface area contributed by atoms with Crippen molar-refractivity contribution in [2.45, 2.75) is 75.9 Å². The van der Waals surface area contributed by atoms with Crippen LogP contribution in [-0.2, 0) is 4.74 Å². The highest BCUT2D eigenvalue weighted by Crippen LogP contribution is 2.42. The molecule has 1 saturated heterocycles. The van der Waals surface area contributed by atoms with E-state index in [-0.39, 0.29) is 0 Å². The van der Waals surface area contributed by atoms with Crippen molar-refractivity contribution in [3.63, 3.8) is 0 Å². The number of hydrogen-bond donors (Lipinski definition) is 1. The zero-order chi connectivity index (χ0) is 11.6. The highest BCUT2D eigenvalue weighted by atomic mass is 16.5. The lowest BCUT2D eigenvalue weighted by Gasteiger charge is -2.47. The summed E-state index contributed by atoms with van der Waals surface area (Å²) in [6, 6.07) is 0.742. The van der Waals surface area contributed by atoms with Gasteiger partial charge in [0.2, 0.25) is 0 Å². The molecular formula is C15H27NO. The van der Waals surface area contributed by atoms with Gasteiger partial charge in [-0.1, -0.05) is 19.3 Å². The lowest BCUT2D eigenvalue weighted by atomic mass is 9.74. The van der Waals surface area contributed by atoms with Crippen molar-refractivity contribution in [3.05, 3.63) is 0 Å². The monoisotopic (exact) mass is 237 g/mol. The minimum atomic E-state index is 0.308. The molecule has 2 heteroatoms. The van der Waals surface area contributed by atoms with Crippen molar-refractivity contribution in [2.24, 2.45) is 5.92 Å². The molecular weight excluding hydrogens is 210 g/mol. The molecule has 0 aromatic carbocycles. The van der Waals surface area contributed by atoms with Crippen LogP contribution in [0.5, 0.6) is 0 Å². The molecule has 17 heavy (non-hydrogen) atoms. The van der Waals surface area contributed by atoms with Crippen molar-refractivity contribution in [1.29, 1.82) is 0 Å². The zero-order valence-corrected chi connectivity index (χ0v) is 11.0.